The SMILES string of the molecule is Cn1cc(CNCC(O)c2cc(F)ccc2F)cn1. The molecule has 0 aliphatic rings. The highest BCUT2D eigenvalue weighted by Crippen LogP contribution is 2.17. The number of aromatic nitrogens is 2. The van der Waals surface area contributed by atoms with Crippen LogP contribution in [-0.4, -0.2) is 21.4 Å². The first-order chi connectivity index (χ1) is 9.06. The van der Waals surface area contributed by atoms with Crippen LogP contribution in [0.2, 0.25) is 0 Å². The monoisotopic (exact) mass is 267 g/mol. The summed E-state index contributed by atoms with van der Waals surface area (Å²) in [6.07, 6.45) is 2.44. The lowest BCUT2D eigenvalue weighted by Crippen LogP contribution is -2.21. The fraction of sp³-hybridized carbons (Fsp3) is 0.308. The summed E-state index contributed by atoms with van der Waals surface area (Å²) in [5.74, 6) is -1.18. The molecule has 1 heterocycles. The summed E-state index contributed by atoms with van der Waals surface area (Å²) in [7, 11) is 1.81. The van der Waals surface area contributed by atoms with Crippen LogP contribution in [0.4, 0.5) is 8.78 Å². The van der Waals surface area contributed by atoms with Gasteiger partial charge in [-0.3, -0.25) is 4.68 Å². The third-order valence-electron chi connectivity index (χ3n) is 2.74. The molecule has 0 aliphatic carbocycles. The van der Waals surface area contributed by atoms with Gasteiger partial charge in [0.1, 0.15) is 11.6 Å². The van der Waals surface area contributed by atoms with Crippen molar-refractivity contribution in [2.24, 2.45) is 7.05 Å². The minimum Gasteiger partial charge on any atom is -0.387 e. The van der Waals surface area contributed by atoms with Crippen LogP contribution in [0.5, 0.6) is 0 Å². The van der Waals surface area contributed by atoms with E-state index in [0.717, 1.165) is 23.8 Å². The van der Waals surface area contributed by atoms with Gasteiger partial charge in [0.15, 0.2) is 0 Å². The molecule has 0 saturated heterocycles. The van der Waals surface area contributed by atoms with Crippen LogP contribution in [0.3, 0.4) is 0 Å². The van der Waals surface area contributed by atoms with Gasteiger partial charge in [0.2, 0.25) is 0 Å². The lowest BCUT2D eigenvalue weighted by molar-refractivity contribution is 0.169. The summed E-state index contributed by atoms with van der Waals surface area (Å²) < 4.78 is 28.1. The molecular formula is C13H15F2N3O. The number of hydrogen-bond donors (Lipinski definition) is 2. The first kappa shape index (κ1) is 13.6. The molecule has 0 fully saturated rings. The summed E-state index contributed by atoms with van der Waals surface area (Å²) in [4.78, 5) is 0. The van der Waals surface area contributed by atoms with E-state index < -0.39 is 17.7 Å². The average molecular weight is 267 g/mol. The van der Waals surface area contributed by atoms with Gasteiger partial charge in [-0.25, -0.2) is 8.78 Å². The van der Waals surface area contributed by atoms with Crippen LogP contribution in [0, 0.1) is 11.6 Å². The first-order valence-electron chi connectivity index (χ1n) is 5.87. The van der Waals surface area contributed by atoms with Crippen LogP contribution in [-0.2, 0) is 13.6 Å². The largest absolute Gasteiger partial charge is 0.387 e. The maximum atomic E-state index is 13.4. The molecular weight excluding hydrogens is 252 g/mol. The third kappa shape index (κ3) is 3.59. The van der Waals surface area contributed by atoms with Crippen LogP contribution >= 0.6 is 0 Å². The zero-order chi connectivity index (χ0) is 13.8. The molecule has 2 rings (SSSR count). The highest BCUT2D eigenvalue weighted by atomic mass is 19.1. The zero-order valence-electron chi connectivity index (χ0n) is 10.5. The Morgan fingerprint density at radius 1 is 1.42 bits per heavy atom. The smallest absolute Gasteiger partial charge is 0.129 e. The lowest BCUT2D eigenvalue weighted by atomic mass is 10.1. The molecule has 0 amide bonds. The number of nitrogens with zero attached hydrogens (tertiary/aromatic N) is 2. The van der Waals surface area contributed by atoms with Crippen molar-refractivity contribution < 1.29 is 13.9 Å². The van der Waals surface area contributed by atoms with Gasteiger partial charge in [0.05, 0.1) is 12.3 Å². The van der Waals surface area contributed by atoms with Gasteiger partial charge in [0.25, 0.3) is 0 Å². The lowest BCUT2D eigenvalue weighted by Gasteiger charge is -2.12. The second-order valence-corrected chi connectivity index (χ2v) is 4.33. The average Bonchev–Trinajstić information content (AvgIpc) is 2.78. The number of halogens is 2. The summed E-state index contributed by atoms with van der Waals surface area (Å²) in [6, 6.07) is 3.04. The Bertz CT molecular complexity index is 557. The molecule has 1 unspecified atom stereocenters. The van der Waals surface area contributed by atoms with Crippen LogP contribution < -0.4 is 5.32 Å². The van der Waals surface area contributed by atoms with Crippen LogP contribution in [0.1, 0.15) is 17.2 Å². The predicted octanol–water partition coefficient (Wildman–Crippen LogP) is 1.52. The second kappa shape index (κ2) is 5.90. The normalized spacial score (nSPS) is 12.6. The van der Waals surface area contributed by atoms with Crippen molar-refractivity contribution in [1.82, 2.24) is 15.1 Å². The van der Waals surface area contributed by atoms with E-state index in [1.165, 1.54) is 0 Å². The van der Waals surface area contributed by atoms with Gasteiger partial charge in [-0.1, -0.05) is 0 Å². The van der Waals surface area contributed by atoms with E-state index in [1.54, 1.807) is 17.9 Å². The molecule has 6 heteroatoms. The molecule has 0 bridgehead atoms. The van der Waals surface area contributed by atoms with E-state index >= 15 is 0 Å². The quantitative estimate of drug-likeness (QED) is 0.863. The summed E-state index contributed by atoms with van der Waals surface area (Å²) in [5, 5.41) is 16.8. The first-order valence-corrected chi connectivity index (χ1v) is 5.87. The second-order valence-electron chi connectivity index (χ2n) is 4.33. The van der Waals surface area contributed by atoms with E-state index in [9.17, 15) is 13.9 Å². The van der Waals surface area contributed by atoms with Gasteiger partial charge in [-0.05, 0) is 18.2 Å². The molecule has 0 aliphatic heterocycles. The number of aryl methyl sites for hydroxylation is 1. The highest BCUT2D eigenvalue weighted by Gasteiger charge is 2.13. The van der Waals surface area contributed by atoms with Crippen LogP contribution in [0.25, 0.3) is 0 Å². The van der Waals surface area contributed by atoms with Crippen molar-refractivity contribution in [3.05, 3.63) is 53.4 Å². The van der Waals surface area contributed by atoms with E-state index in [-0.39, 0.29) is 12.1 Å². The van der Waals surface area contributed by atoms with Gasteiger partial charge in [-0.2, -0.15) is 5.10 Å². The molecule has 4 nitrogen and oxygen atoms in total. The van der Waals surface area contributed by atoms with E-state index in [0.29, 0.717) is 6.54 Å². The number of benzene rings is 1. The van der Waals surface area contributed by atoms with E-state index in [1.807, 2.05) is 6.20 Å². The Labute approximate surface area is 109 Å². The molecule has 2 aromatic rings. The van der Waals surface area contributed by atoms with E-state index in [4.69, 9.17) is 0 Å². The number of rotatable bonds is 5. The topological polar surface area (TPSA) is 50.1 Å². The van der Waals surface area contributed by atoms with Crippen molar-refractivity contribution in [2.45, 2.75) is 12.6 Å². The molecule has 1 atom stereocenters. The van der Waals surface area contributed by atoms with Gasteiger partial charge >= 0.3 is 0 Å². The maximum Gasteiger partial charge on any atom is 0.129 e. The Balaban J connectivity index is 1.90. The molecule has 0 radical (unpaired) electrons. The van der Waals surface area contributed by atoms with Crippen molar-refractivity contribution >= 4 is 0 Å². The molecule has 2 N–H and O–H groups in total. The van der Waals surface area contributed by atoms with Crippen molar-refractivity contribution in [2.75, 3.05) is 6.54 Å². The van der Waals surface area contributed by atoms with Gasteiger partial charge in [0, 0.05) is 37.5 Å². The number of aliphatic hydroxyl groups is 1. The minimum absolute atomic E-state index is 0.0429. The standard InChI is InChI=1S/C13H15F2N3O/c1-18-8-9(6-17-18)5-16-7-13(19)11-4-10(14)2-3-12(11)15/h2-4,6,8,13,16,19H,5,7H2,1H3. The fourth-order valence-corrected chi connectivity index (χ4v) is 1.80. The highest BCUT2D eigenvalue weighted by molar-refractivity contribution is 5.21. The maximum absolute atomic E-state index is 13.4. The molecule has 0 spiro atoms. The zero-order valence-corrected chi connectivity index (χ0v) is 10.5. The van der Waals surface area contributed by atoms with Crippen LogP contribution in [0.15, 0.2) is 30.6 Å². The van der Waals surface area contributed by atoms with Gasteiger partial charge in [-0.15, -0.1) is 0 Å². The van der Waals surface area contributed by atoms with Crippen molar-refractivity contribution in [3.8, 4) is 0 Å². The Morgan fingerprint density at radius 3 is 2.89 bits per heavy atom. The van der Waals surface area contributed by atoms with Crippen molar-refractivity contribution in [3.63, 3.8) is 0 Å². The van der Waals surface area contributed by atoms with Gasteiger partial charge < -0.3 is 10.4 Å². The molecule has 0 saturated carbocycles. The number of aliphatic hydroxyl groups excluding tert-OH is 1. The molecule has 19 heavy (non-hydrogen) atoms. The Kier molecular flexibility index (Phi) is 4.24. The summed E-state index contributed by atoms with van der Waals surface area (Å²) >= 11 is 0. The third-order valence-corrected chi connectivity index (χ3v) is 2.74. The molecule has 1 aromatic carbocycles. The fourth-order valence-electron chi connectivity index (χ4n) is 1.80. The molecule has 102 valence electrons. The summed E-state index contributed by atoms with van der Waals surface area (Å²) in [5.41, 5.74) is 0.910. The Morgan fingerprint density at radius 2 is 2.21 bits per heavy atom. The number of nitrogens with one attached hydrogen (secondary N) is 1. The number of hydrogen-bond acceptors (Lipinski definition) is 3. The van der Waals surface area contributed by atoms with Crippen molar-refractivity contribution in [1.29, 1.82) is 0 Å². The minimum atomic E-state index is -1.09. The Hall–Kier alpha value is -1.79. The molecule has 1 aromatic heterocycles. The van der Waals surface area contributed by atoms with E-state index in [2.05, 4.69) is 10.4 Å². The predicted molar refractivity (Wildman–Crippen MR) is 66.2 cm³/mol. The summed E-state index contributed by atoms with van der Waals surface area (Å²) in [6.45, 7) is 0.636.